The maximum absolute atomic E-state index is 13.9. The number of benzene rings is 2. The number of carbonyl (C=O) groups is 1. The molecule has 2 N–H and O–H groups in total. The van der Waals surface area contributed by atoms with E-state index in [2.05, 4.69) is 0 Å². The zero-order valence-corrected chi connectivity index (χ0v) is 19.5. The summed E-state index contributed by atoms with van der Waals surface area (Å²) in [5, 5.41) is 21.8. The molecule has 0 radical (unpaired) electrons. The van der Waals surface area contributed by atoms with Gasteiger partial charge in [-0.15, -0.1) is 0 Å². The predicted octanol–water partition coefficient (Wildman–Crippen LogP) is 4.32. The molecule has 2 aliphatic rings. The third kappa shape index (κ3) is 4.34. The van der Waals surface area contributed by atoms with Crippen molar-refractivity contribution < 1.29 is 29.2 Å². The fourth-order valence-electron chi connectivity index (χ4n) is 5.44. The van der Waals surface area contributed by atoms with Gasteiger partial charge in [0.05, 0.1) is 38.0 Å². The molecule has 1 amide bonds. The van der Waals surface area contributed by atoms with Crippen LogP contribution in [0.3, 0.4) is 0 Å². The zero-order valence-electron chi connectivity index (χ0n) is 19.5. The molecule has 7 nitrogen and oxygen atoms in total. The Balaban J connectivity index is 1.78. The maximum Gasteiger partial charge on any atom is 0.258 e. The van der Waals surface area contributed by atoms with Gasteiger partial charge in [0.15, 0.2) is 11.5 Å². The fraction of sp³-hybridized carbons (Fsp3) is 0.500. The second kappa shape index (κ2) is 9.51. The van der Waals surface area contributed by atoms with Crippen molar-refractivity contribution in [2.45, 2.75) is 50.7 Å². The average Bonchev–Trinajstić information content (AvgIpc) is 2.83. The summed E-state index contributed by atoms with van der Waals surface area (Å²) < 4.78 is 16.4. The lowest BCUT2D eigenvalue weighted by Crippen LogP contribution is -2.56. The quantitative estimate of drug-likeness (QED) is 0.675. The smallest absolute Gasteiger partial charge is 0.258 e. The van der Waals surface area contributed by atoms with E-state index in [0.29, 0.717) is 42.4 Å². The minimum absolute atomic E-state index is 0.0602. The monoisotopic (exact) mass is 455 g/mol. The number of phenolic OH excluding ortho intramolecular Hbond substituents is 1. The van der Waals surface area contributed by atoms with Crippen LogP contribution in [-0.2, 0) is 0 Å². The van der Waals surface area contributed by atoms with Crippen LogP contribution < -0.4 is 14.2 Å². The molecule has 3 atom stereocenters. The van der Waals surface area contributed by atoms with Crippen molar-refractivity contribution in [3.8, 4) is 23.0 Å². The molecule has 178 valence electrons. The number of hydrogen-bond donors (Lipinski definition) is 2. The van der Waals surface area contributed by atoms with Gasteiger partial charge < -0.3 is 29.3 Å². The molecule has 7 heteroatoms. The molecular weight excluding hydrogens is 422 g/mol. The number of aliphatic hydroxyl groups is 1. The molecule has 1 aliphatic carbocycles. The number of carbonyl (C=O) groups excluding carboxylic acids is 1. The minimum Gasteiger partial charge on any atom is -0.504 e. The maximum atomic E-state index is 13.9. The van der Waals surface area contributed by atoms with E-state index in [9.17, 15) is 15.0 Å². The summed E-state index contributed by atoms with van der Waals surface area (Å²) in [6.07, 6.45) is 4.09. The van der Waals surface area contributed by atoms with Crippen molar-refractivity contribution in [1.29, 1.82) is 0 Å². The number of nitrogens with zero attached hydrogens (tertiary/aromatic N) is 1. The molecule has 0 spiro atoms. The summed E-state index contributed by atoms with van der Waals surface area (Å²) in [5.74, 6) is 1.24. The van der Waals surface area contributed by atoms with Crippen LogP contribution in [0.1, 0.15) is 61.0 Å². The van der Waals surface area contributed by atoms with Crippen molar-refractivity contribution >= 4 is 5.91 Å². The van der Waals surface area contributed by atoms with Gasteiger partial charge in [0.2, 0.25) is 0 Å². The molecule has 2 aromatic carbocycles. The Morgan fingerprint density at radius 1 is 1.09 bits per heavy atom. The molecule has 4 rings (SSSR count). The first-order valence-corrected chi connectivity index (χ1v) is 11.6. The fourth-order valence-corrected chi connectivity index (χ4v) is 5.44. The molecule has 1 heterocycles. The van der Waals surface area contributed by atoms with Crippen molar-refractivity contribution in [2.24, 2.45) is 5.92 Å². The Labute approximate surface area is 194 Å². The lowest BCUT2D eigenvalue weighted by Gasteiger charge is -2.52. The van der Waals surface area contributed by atoms with Crippen LogP contribution in [0.2, 0.25) is 0 Å². The first-order valence-electron chi connectivity index (χ1n) is 11.6. The van der Waals surface area contributed by atoms with Crippen LogP contribution in [0.15, 0.2) is 36.4 Å². The van der Waals surface area contributed by atoms with Crippen molar-refractivity contribution in [3.63, 3.8) is 0 Å². The molecule has 33 heavy (non-hydrogen) atoms. The number of phenols is 1. The van der Waals surface area contributed by atoms with Gasteiger partial charge in [0.1, 0.15) is 11.5 Å². The summed E-state index contributed by atoms with van der Waals surface area (Å²) >= 11 is 0. The summed E-state index contributed by atoms with van der Waals surface area (Å²) in [5.41, 5.74) is 0.489. The summed E-state index contributed by atoms with van der Waals surface area (Å²) in [6, 6.07) is 10.1. The van der Waals surface area contributed by atoms with E-state index in [-0.39, 0.29) is 23.6 Å². The summed E-state index contributed by atoms with van der Waals surface area (Å²) in [4.78, 5) is 15.7. The van der Waals surface area contributed by atoms with Crippen LogP contribution in [0.25, 0.3) is 0 Å². The highest BCUT2D eigenvalue weighted by Gasteiger charge is 2.50. The number of rotatable bonds is 6. The molecule has 2 fully saturated rings. The topological polar surface area (TPSA) is 88.5 Å². The molecular formula is C26H33NO6. The average molecular weight is 456 g/mol. The van der Waals surface area contributed by atoms with E-state index in [1.54, 1.807) is 37.4 Å². The van der Waals surface area contributed by atoms with Gasteiger partial charge in [-0.2, -0.15) is 0 Å². The lowest BCUT2D eigenvalue weighted by atomic mass is 9.66. The van der Waals surface area contributed by atoms with Gasteiger partial charge in [-0.25, -0.2) is 0 Å². The van der Waals surface area contributed by atoms with E-state index < -0.39 is 5.60 Å². The Bertz CT molecular complexity index is 1010. The molecule has 2 aromatic rings. The standard InChI is InChI=1S/C26H33NO6/c1-4-33-23-15-17(8-11-21(23)28)24-20-7-5-6-12-26(20,30)13-14-27(24)25(29)19-10-9-18(31-2)16-22(19)32-3/h8-11,15-16,20,24,28,30H,4-7,12-14H2,1-3H3/t20-,24+,26+/m0/s1. The molecule has 1 aliphatic heterocycles. The summed E-state index contributed by atoms with van der Waals surface area (Å²) in [6.45, 7) is 2.70. The van der Waals surface area contributed by atoms with Gasteiger partial charge in [-0.3, -0.25) is 4.79 Å². The number of likely N-dealkylation sites (tertiary alicyclic amines) is 1. The van der Waals surface area contributed by atoms with Gasteiger partial charge in [-0.05, 0) is 56.0 Å². The second-order valence-electron chi connectivity index (χ2n) is 8.88. The normalized spacial score (nSPS) is 24.7. The van der Waals surface area contributed by atoms with E-state index in [1.807, 2.05) is 17.9 Å². The number of amides is 1. The Morgan fingerprint density at radius 2 is 1.91 bits per heavy atom. The SMILES string of the molecule is CCOc1cc([C@@H]2[C@@H]3CCCC[C@@]3(O)CCN2C(=O)c2ccc(OC)cc2OC)ccc1O. The minimum atomic E-state index is -0.812. The van der Waals surface area contributed by atoms with Crippen LogP contribution in [-0.4, -0.2) is 54.0 Å². The lowest BCUT2D eigenvalue weighted by molar-refractivity contribution is -0.115. The third-order valence-corrected chi connectivity index (χ3v) is 7.09. The molecule has 1 saturated heterocycles. The van der Waals surface area contributed by atoms with E-state index in [0.717, 1.165) is 31.2 Å². The Hall–Kier alpha value is -2.93. The molecule has 1 saturated carbocycles. The van der Waals surface area contributed by atoms with Crippen molar-refractivity contribution in [2.75, 3.05) is 27.4 Å². The van der Waals surface area contributed by atoms with Crippen LogP contribution >= 0.6 is 0 Å². The largest absolute Gasteiger partial charge is 0.504 e. The first-order chi connectivity index (χ1) is 15.9. The van der Waals surface area contributed by atoms with Crippen LogP contribution in [0, 0.1) is 5.92 Å². The van der Waals surface area contributed by atoms with Crippen molar-refractivity contribution in [1.82, 2.24) is 4.90 Å². The highest BCUT2D eigenvalue weighted by Crippen LogP contribution is 2.50. The second-order valence-corrected chi connectivity index (χ2v) is 8.88. The Morgan fingerprint density at radius 3 is 2.64 bits per heavy atom. The van der Waals surface area contributed by atoms with Gasteiger partial charge >= 0.3 is 0 Å². The van der Waals surface area contributed by atoms with Gasteiger partial charge in [0.25, 0.3) is 5.91 Å². The number of piperidine rings is 1. The zero-order chi connectivity index (χ0) is 23.6. The van der Waals surface area contributed by atoms with Crippen molar-refractivity contribution in [3.05, 3.63) is 47.5 Å². The first kappa shape index (κ1) is 23.2. The highest BCUT2D eigenvalue weighted by molar-refractivity contribution is 5.97. The Kier molecular flexibility index (Phi) is 6.70. The summed E-state index contributed by atoms with van der Waals surface area (Å²) in [7, 11) is 3.11. The van der Waals surface area contributed by atoms with E-state index >= 15 is 0 Å². The van der Waals surface area contributed by atoms with Gasteiger partial charge in [-0.1, -0.05) is 18.9 Å². The van der Waals surface area contributed by atoms with E-state index in [1.165, 1.54) is 7.11 Å². The molecule has 0 unspecified atom stereocenters. The highest BCUT2D eigenvalue weighted by atomic mass is 16.5. The number of methoxy groups -OCH3 is 2. The predicted molar refractivity (Wildman–Crippen MR) is 124 cm³/mol. The van der Waals surface area contributed by atoms with Crippen LogP contribution in [0.4, 0.5) is 0 Å². The van der Waals surface area contributed by atoms with Gasteiger partial charge in [0, 0.05) is 18.5 Å². The van der Waals surface area contributed by atoms with E-state index in [4.69, 9.17) is 14.2 Å². The number of aromatic hydroxyl groups is 1. The number of ether oxygens (including phenoxy) is 3. The number of fused-ring (bicyclic) bond motifs is 1. The van der Waals surface area contributed by atoms with Crippen LogP contribution in [0.5, 0.6) is 23.0 Å². The molecule has 0 bridgehead atoms. The molecule has 0 aromatic heterocycles. The third-order valence-electron chi connectivity index (χ3n) is 7.09. The number of hydrogen-bond acceptors (Lipinski definition) is 6.